The van der Waals surface area contributed by atoms with Crippen LogP contribution in [0.3, 0.4) is 0 Å². The Bertz CT molecular complexity index is 663. The maximum absolute atomic E-state index is 13.8. The van der Waals surface area contributed by atoms with Crippen molar-refractivity contribution < 1.29 is 9.31 Å². The Morgan fingerprint density at radius 3 is 3.00 bits per heavy atom. The maximum atomic E-state index is 13.8. The lowest BCUT2D eigenvalue weighted by Gasteiger charge is -2.34. The average molecular weight is 321 g/mol. The zero-order valence-corrected chi connectivity index (χ0v) is 12.8. The molecule has 116 valence electrons. The van der Waals surface area contributed by atoms with Crippen LogP contribution in [0, 0.1) is 15.9 Å². The SMILES string of the molecule is O=[N+]([O-])c1ccc(CN2CCCC[C@H]2c2nccs2)cc1F. The summed E-state index contributed by atoms with van der Waals surface area (Å²) in [6.07, 6.45) is 5.12. The molecule has 5 nitrogen and oxygen atoms in total. The lowest BCUT2D eigenvalue weighted by atomic mass is 10.0. The summed E-state index contributed by atoms with van der Waals surface area (Å²) in [7, 11) is 0. The second kappa shape index (κ2) is 6.50. The molecule has 0 unspecified atom stereocenters. The largest absolute Gasteiger partial charge is 0.304 e. The normalized spacial score (nSPS) is 19.2. The molecule has 1 aromatic heterocycles. The first kappa shape index (κ1) is 15.1. The van der Waals surface area contributed by atoms with E-state index in [1.54, 1.807) is 23.6 Å². The van der Waals surface area contributed by atoms with Crippen molar-refractivity contribution in [2.75, 3.05) is 6.54 Å². The second-order valence-electron chi connectivity index (χ2n) is 5.40. The van der Waals surface area contributed by atoms with Gasteiger partial charge in [0.15, 0.2) is 0 Å². The number of nitrogens with zero attached hydrogens (tertiary/aromatic N) is 3. The molecule has 1 aliphatic rings. The number of aromatic nitrogens is 1. The van der Waals surface area contributed by atoms with Gasteiger partial charge in [-0.05, 0) is 31.0 Å². The van der Waals surface area contributed by atoms with Crippen LogP contribution in [-0.2, 0) is 6.54 Å². The van der Waals surface area contributed by atoms with E-state index in [4.69, 9.17) is 0 Å². The van der Waals surface area contributed by atoms with Crippen molar-refractivity contribution in [2.45, 2.75) is 31.8 Å². The molecule has 1 fully saturated rings. The van der Waals surface area contributed by atoms with Gasteiger partial charge in [0.1, 0.15) is 5.01 Å². The predicted octanol–water partition coefficient (Wildman–Crippen LogP) is 3.92. The standard InChI is InChI=1S/C15H16FN3O2S/c16-12-9-11(4-5-13(12)19(20)21)10-18-7-2-1-3-14(18)15-17-6-8-22-15/h4-6,8-9,14H,1-3,7,10H2/t14-/m0/s1. The number of benzene rings is 1. The molecule has 3 rings (SSSR count). The van der Waals surface area contributed by atoms with Gasteiger partial charge in [-0.3, -0.25) is 15.0 Å². The molecule has 0 N–H and O–H groups in total. The van der Waals surface area contributed by atoms with Gasteiger partial charge in [0, 0.05) is 24.2 Å². The van der Waals surface area contributed by atoms with Crippen LogP contribution in [0.2, 0.25) is 0 Å². The van der Waals surface area contributed by atoms with Crippen molar-refractivity contribution in [3.8, 4) is 0 Å². The summed E-state index contributed by atoms with van der Waals surface area (Å²) in [6, 6.07) is 4.40. The number of rotatable bonds is 4. The first-order chi connectivity index (χ1) is 10.6. The number of likely N-dealkylation sites (tertiary alicyclic amines) is 1. The number of piperidine rings is 1. The van der Waals surface area contributed by atoms with Crippen molar-refractivity contribution in [1.82, 2.24) is 9.88 Å². The Labute approximate surface area is 131 Å². The van der Waals surface area contributed by atoms with Crippen molar-refractivity contribution in [1.29, 1.82) is 0 Å². The lowest BCUT2D eigenvalue weighted by molar-refractivity contribution is -0.387. The molecule has 1 aliphatic heterocycles. The summed E-state index contributed by atoms with van der Waals surface area (Å²) in [5.74, 6) is -0.773. The fraction of sp³-hybridized carbons (Fsp3) is 0.400. The molecule has 0 amide bonds. The quantitative estimate of drug-likeness (QED) is 0.632. The van der Waals surface area contributed by atoms with Crippen LogP contribution in [0.25, 0.3) is 0 Å². The van der Waals surface area contributed by atoms with Crippen LogP contribution in [0.4, 0.5) is 10.1 Å². The summed E-state index contributed by atoms with van der Waals surface area (Å²) >= 11 is 1.64. The Hall–Kier alpha value is -1.86. The molecular weight excluding hydrogens is 305 g/mol. The van der Waals surface area contributed by atoms with Crippen molar-refractivity contribution >= 4 is 17.0 Å². The van der Waals surface area contributed by atoms with E-state index in [1.807, 2.05) is 5.38 Å². The fourth-order valence-corrected chi connectivity index (χ4v) is 3.70. The summed E-state index contributed by atoms with van der Waals surface area (Å²) in [6.45, 7) is 1.52. The third-order valence-corrected chi connectivity index (χ3v) is 4.82. The molecule has 1 aromatic carbocycles. The monoisotopic (exact) mass is 321 g/mol. The minimum Gasteiger partial charge on any atom is -0.290 e. The highest BCUT2D eigenvalue weighted by Crippen LogP contribution is 2.33. The molecule has 0 saturated carbocycles. The fourth-order valence-electron chi connectivity index (χ4n) is 2.89. The number of hydrogen-bond donors (Lipinski definition) is 0. The van der Waals surface area contributed by atoms with Gasteiger partial charge in [-0.2, -0.15) is 4.39 Å². The maximum Gasteiger partial charge on any atom is 0.304 e. The second-order valence-corrected chi connectivity index (χ2v) is 6.32. The first-order valence-electron chi connectivity index (χ1n) is 7.21. The summed E-state index contributed by atoms with van der Waals surface area (Å²) in [5.41, 5.74) is 0.283. The van der Waals surface area contributed by atoms with Crippen LogP contribution >= 0.6 is 11.3 Å². The van der Waals surface area contributed by atoms with E-state index in [0.29, 0.717) is 6.54 Å². The number of nitro groups is 1. The Balaban J connectivity index is 1.78. The summed E-state index contributed by atoms with van der Waals surface area (Å²) in [4.78, 5) is 16.7. The Kier molecular flexibility index (Phi) is 4.44. The Morgan fingerprint density at radius 2 is 2.32 bits per heavy atom. The van der Waals surface area contributed by atoms with Gasteiger partial charge < -0.3 is 0 Å². The van der Waals surface area contributed by atoms with E-state index in [-0.39, 0.29) is 6.04 Å². The van der Waals surface area contributed by atoms with Crippen molar-refractivity contribution in [3.63, 3.8) is 0 Å². The van der Waals surface area contributed by atoms with Gasteiger partial charge in [0.05, 0.1) is 11.0 Å². The van der Waals surface area contributed by atoms with E-state index >= 15 is 0 Å². The molecule has 22 heavy (non-hydrogen) atoms. The van der Waals surface area contributed by atoms with E-state index in [0.717, 1.165) is 36.4 Å². The number of hydrogen-bond acceptors (Lipinski definition) is 5. The van der Waals surface area contributed by atoms with E-state index in [9.17, 15) is 14.5 Å². The Morgan fingerprint density at radius 1 is 1.45 bits per heavy atom. The van der Waals surface area contributed by atoms with Crippen LogP contribution in [0.5, 0.6) is 0 Å². The predicted molar refractivity (Wildman–Crippen MR) is 82.2 cm³/mol. The van der Waals surface area contributed by atoms with Crippen LogP contribution in [0.1, 0.15) is 35.9 Å². The molecule has 2 aromatic rings. The van der Waals surface area contributed by atoms with Crippen molar-refractivity contribution in [3.05, 3.63) is 56.3 Å². The molecule has 7 heteroatoms. The van der Waals surface area contributed by atoms with Gasteiger partial charge in [0.2, 0.25) is 5.82 Å². The van der Waals surface area contributed by atoms with Gasteiger partial charge in [-0.1, -0.05) is 12.5 Å². The molecule has 1 saturated heterocycles. The van der Waals surface area contributed by atoms with E-state index in [2.05, 4.69) is 9.88 Å². The van der Waals surface area contributed by atoms with Crippen LogP contribution in [0.15, 0.2) is 29.8 Å². The smallest absolute Gasteiger partial charge is 0.290 e. The minimum absolute atomic E-state index is 0.256. The van der Waals surface area contributed by atoms with Gasteiger partial charge >= 0.3 is 5.69 Å². The topological polar surface area (TPSA) is 59.3 Å². The zero-order valence-electron chi connectivity index (χ0n) is 11.9. The molecule has 0 radical (unpaired) electrons. The number of nitro benzene ring substituents is 1. The molecule has 2 heterocycles. The molecule has 0 aliphatic carbocycles. The van der Waals surface area contributed by atoms with Crippen LogP contribution < -0.4 is 0 Å². The third-order valence-electron chi connectivity index (χ3n) is 3.94. The van der Waals surface area contributed by atoms with Crippen LogP contribution in [-0.4, -0.2) is 21.4 Å². The molecule has 0 spiro atoms. The zero-order chi connectivity index (χ0) is 15.5. The highest BCUT2D eigenvalue weighted by atomic mass is 32.1. The summed E-state index contributed by atoms with van der Waals surface area (Å²) in [5, 5.41) is 13.7. The number of thiazole rings is 1. The van der Waals surface area contributed by atoms with Crippen molar-refractivity contribution in [2.24, 2.45) is 0 Å². The molecular formula is C15H16FN3O2S. The van der Waals surface area contributed by atoms with Gasteiger partial charge in [-0.25, -0.2) is 4.98 Å². The highest BCUT2D eigenvalue weighted by molar-refractivity contribution is 7.09. The summed E-state index contributed by atoms with van der Waals surface area (Å²) < 4.78 is 13.8. The molecule has 0 bridgehead atoms. The minimum atomic E-state index is -0.773. The van der Waals surface area contributed by atoms with Gasteiger partial charge in [0.25, 0.3) is 0 Å². The number of halogens is 1. The average Bonchev–Trinajstić information content (AvgIpc) is 3.01. The first-order valence-corrected chi connectivity index (χ1v) is 8.09. The lowest BCUT2D eigenvalue weighted by Crippen LogP contribution is -2.32. The van der Waals surface area contributed by atoms with E-state index in [1.165, 1.54) is 12.1 Å². The van der Waals surface area contributed by atoms with E-state index < -0.39 is 16.4 Å². The molecule has 1 atom stereocenters. The van der Waals surface area contributed by atoms with Gasteiger partial charge in [-0.15, -0.1) is 11.3 Å². The highest BCUT2D eigenvalue weighted by Gasteiger charge is 2.26. The third kappa shape index (κ3) is 3.15.